The van der Waals surface area contributed by atoms with Crippen molar-refractivity contribution >= 4 is 72.8 Å². The van der Waals surface area contributed by atoms with Crippen LogP contribution in [0, 0.1) is 3.57 Å². The molecule has 1 heterocycles. The summed E-state index contributed by atoms with van der Waals surface area (Å²) in [5.74, 6) is 0.526. The van der Waals surface area contributed by atoms with Crippen LogP contribution in [0.3, 0.4) is 0 Å². The Hall–Kier alpha value is -2.77. The largest absolute Gasteiger partial charge is 0.497 e. The second kappa shape index (κ2) is 10.0. The number of oxazole rings is 1. The summed E-state index contributed by atoms with van der Waals surface area (Å²) in [6.07, 6.45) is 0. The van der Waals surface area contributed by atoms with Gasteiger partial charge in [0.05, 0.1) is 17.8 Å². The third-order valence-electron chi connectivity index (χ3n) is 4.45. The number of hydrogen-bond acceptors (Lipinski definition) is 7. The maximum Gasteiger partial charge on any atom is 0.261 e. The maximum atomic E-state index is 12.8. The van der Waals surface area contributed by atoms with Crippen LogP contribution in [0.15, 0.2) is 81.3 Å². The number of sulfonamides is 1. The van der Waals surface area contributed by atoms with Gasteiger partial charge in [0.15, 0.2) is 5.58 Å². The molecule has 3 aromatic carbocycles. The zero-order valence-electron chi connectivity index (χ0n) is 17.2. The van der Waals surface area contributed by atoms with Crippen molar-refractivity contribution in [2.75, 3.05) is 22.9 Å². The van der Waals surface area contributed by atoms with Crippen molar-refractivity contribution in [3.8, 4) is 5.75 Å². The quantitative estimate of drug-likeness (QED) is 0.219. The van der Waals surface area contributed by atoms with E-state index in [0.717, 1.165) is 15.3 Å². The summed E-state index contributed by atoms with van der Waals surface area (Å²) < 4.78 is 39.8. The van der Waals surface area contributed by atoms with E-state index in [-0.39, 0.29) is 21.8 Å². The van der Waals surface area contributed by atoms with Gasteiger partial charge in [-0.25, -0.2) is 13.4 Å². The average Bonchev–Trinajstić information content (AvgIpc) is 3.22. The molecule has 33 heavy (non-hydrogen) atoms. The summed E-state index contributed by atoms with van der Waals surface area (Å²) in [7, 11) is -2.29. The molecule has 0 fully saturated rings. The van der Waals surface area contributed by atoms with E-state index in [0.29, 0.717) is 28.2 Å². The first-order valence-electron chi connectivity index (χ1n) is 9.58. The lowest BCUT2D eigenvalue weighted by Gasteiger charge is -2.08. The van der Waals surface area contributed by atoms with Gasteiger partial charge in [0.25, 0.3) is 15.2 Å². The van der Waals surface area contributed by atoms with Gasteiger partial charge in [-0.05, 0) is 89.3 Å². The molecule has 0 atom stereocenters. The fraction of sp³-hybridized carbons (Fsp3) is 0.0909. The summed E-state index contributed by atoms with van der Waals surface area (Å²) in [5.41, 5.74) is 1.93. The van der Waals surface area contributed by atoms with Gasteiger partial charge < -0.3 is 14.5 Å². The number of benzene rings is 3. The van der Waals surface area contributed by atoms with E-state index >= 15 is 0 Å². The molecule has 0 aliphatic carbocycles. The Morgan fingerprint density at radius 1 is 1.06 bits per heavy atom. The van der Waals surface area contributed by atoms with Crippen LogP contribution < -0.4 is 14.8 Å². The lowest BCUT2D eigenvalue weighted by atomic mass is 10.3. The lowest BCUT2D eigenvalue weighted by molar-refractivity contribution is -0.113. The molecule has 0 saturated carbocycles. The number of hydrogen-bond donors (Lipinski definition) is 2. The number of thioether (sulfide) groups is 1. The summed E-state index contributed by atoms with van der Waals surface area (Å²) in [6, 6.07) is 18.4. The number of halogens is 1. The van der Waals surface area contributed by atoms with E-state index in [9.17, 15) is 13.2 Å². The molecule has 2 N–H and O–H groups in total. The first-order chi connectivity index (χ1) is 15.8. The molecule has 11 heteroatoms. The number of fused-ring (bicyclic) bond motifs is 1. The third-order valence-corrected chi connectivity index (χ3v) is 7.37. The minimum absolute atomic E-state index is 0.0483. The van der Waals surface area contributed by atoms with Crippen molar-refractivity contribution in [3.63, 3.8) is 0 Å². The van der Waals surface area contributed by atoms with Crippen LogP contribution in [-0.2, 0) is 14.8 Å². The molecule has 0 spiro atoms. The van der Waals surface area contributed by atoms with Crippen LogP contribution in [-0.4, -0.2) is 32.2 Å². The lowest BCUT2D eigenvalue weighted by Crippen LogP contribution is -2.13. The van der Waals surface area contributed by atoms with Gasteiger partial charge in [0.2, 0.25) is 5.91 Å². The van der Waals surface area contributed by atoms with Crippen molar-refractivity contribution in [2.24, 2.45) is 0 Å². The number of carbonyl (C=O) groups is 1. The van der Waals surface area contributed by atoms with Crippen molar-refractivity contribution in [3.05, 3.63) is 70.3 Å². The van der Waals surface area contributed by atoms with Crippen molar-refractivity contribution in [2.45, 2.75) is 10.1 Å². The van der Waals surface area contributed by atoms with Crippen LogP contribution in [0.1, 0.15) is 0 Å². The fourth-order valence-corrected chi connectivity index (χ4v) is 4.92. The number of aromatic nitrogens is 1. The predicted octanol–water partition coefficient (Wildman–Crippen LogP) is 4.97. The molecule has 8 nitrogen and oxygen atoms in total. The smallest absolute Gasteiger partial charge is 0.261 e. The molecular formula is C22H18IN3O5S2. The van der Waals surface area contributed by atoms with Gasteiger partial charge in [-0.2, -0.15) is 0 Å². The van der Waals surface area contributed by atoms with Crippen LogP contribution >= 0.6 is 34.4 Å². The van der Waals surface area contributed by atoms with Crippen molar-refractivity contribution in [1.82, 2.24) is 4.98 Å². The van der Waals surface area contributed by atoms with Crippen LogP contribution in [0.2, 0.25) is 0 Å². The number of carbonyl (C=O) groups excluding carboxylic acids is 1. The van der Waals surface area contributed by atoms with Crippen LogP contribution in [0.5, 0.6) is 5.75 Å². The van der Waals surface area contributed by atoms with Crippen molar-refractivity contribution in [1.29, 1.82) is 0 Å². The summed E-state index contributed by atoms with van der Waals surface area (Å²) >= 11 is 3.32. The molecule has 0 radical (unpaired) electrons. The summed E-state index contributed by atoms with van der Waals surface area (Å²) in [6.45, 7) is 0. The van der Waals surface area contributed by atoms with Gasteiger partial charge >= 0.3 is 0 Å². The molecule has 4 rings (SSSR count). The normalized spacial score (nSPS) is 11.3. The monoisotopic (exact) mass is 595 g/mol. The standard InChI is InChI=1S/C22H18IN3O5S2/c1-30-17-8-6-16(7-9-17)26-33(28,29)18-10-11-20-19(12-18)25-22(31-20)32-13-21(27)24-15-4-2-14(23)3-5-15/h2-12,26H,13H2,1H3,(H,24,27). The van der Waals surface area contributed by atoms with E-state index in [1.807, 2.05) is 24.3 Å². The van der Waals surface area contributed by atoms with Gasteiger partial charge in [0, 0.05) is 14.9 Å². The third kappa shape index (κ3) is 5.97. The Balaban J connectivity index is 1.42. The number of amides is 1. The zero-order chi connectivity index (χ0) is 23.4. The second-order valence-corrected chi connectivity index (χ2v) is 10.6. The number of methoxy groups -OCH3 is 1. The highest BCUT2D eigenvalue weighted by molar-refractivity contribution is 14.1. The molecule has 1 aromatic heterocycles. The number of ether oxygens (including phenoxy) is 1. The highest BCUT2D eigenvalue weighted by Crippen LogP contribution is 2.27. The van der Waals surface area contributed by atoms with Crippen molar-refractivity contribution < 1.29 is 22.4 Å². The summed E-state index contributed by atoms with van der Waals surface area (Å²) in [5, 5.41) is 3.08. The van der Waals surface area contributed by atoms with E-state index in [1.54, 1.807) is 30.3 Å². The number of rotatable bonds is 8. The van der Waals surface area contributed by atoms with Crippen LogP contribution in [0.4, 0.5) is 11.4 Å². The molecule has 0 saturated heterocycles. The van der Waals surface area contributed by atoms with Crippen LogP contribution in [0.25, 0.3) is 11.1 Å². The Morgan fingerprint density at radius 3 is 2.45 bits per heavy atom. The van der Waals surface area contributed by atoms with E-state index in [1.165, 1.54) is 19.2 Å². The molecule has 170 valence electrons. The SMILES string of the molecule is COc1ccc(NS(=O)(=O)c2ccc3oc(SCC(=O)Nc4ccc(I)cc4)nc3c2)cc1. The van der Waals surface area contributed by atoms with E-state index in [2.05, 4.69) is 37.6 Å². The fourth-order valence-electron chi connectivity index (χ4n) is 2.85. The number of nitrogens with zero attached hydrogens (tertiary/aromatic N) is 1. The Labute approximate surface area is 208 Å². The second-order valence-electron chi connectivity index (χ2n) is 6.79. The van der Waals surface area contributed by atoms with Gasteiger partial charge in [-0.15, -0.1) is 0 Å². The topological polar surface area (TPSA) is 111 Å². The first-order valence-corrected chi connectivity index (χ1v) is 13.1. The molecule has 1 amide bonds. The molecule has 0 aliphatic heterocycles. The maximum absolute atomic E-state index is 12.8. The molecule has 0 bridgehead atoms. The van der Waals surface area contributed by atoms with Gasteiger partial charge in [0.1, 0.15) is 11.3 Å². The number of nitrogens with one attached hydrogen (secondary N) is 2. The van der Waals surface area contributed by atoms with Gasteiger partial charge in [-0.1, -0.05) is 11.8 Å². The minimum atomic E-state index is -3.82. The first kappa shape index (κ1) is 23.4. The molecule has 4 aromatic rings. The molecular weight excluding hydrogens is 577 g/mol. The average molecular weight is 595 g/mol. The molecule has 0 aliphatic rings. The zero-order valence-corrected chi connectivity index (χ0v) is 21.0. The minimum Gasteiger partial charge on any atom is -0.497 e. The summed E-state index contributed by atoms with van der Waals surface area (Å²) in [4.78, 5) is 16.5. The predicted molar refractivity (Wildman–Crippen MR) is 136 cm³/mol. The highest BCUT2D eigenvalue weighted by Gasteiger charge is 2.17. The van der Waals surface area contributed by atoms with E-state index in [4.69, 9.17) is 9.15 Å². The van der Waals surface area contributed by atoms with E-state index < -0.39 is 10.0 Å². The molecule has 0 unspecified atom stereocenters. The highest BCUT2D eigenvalue weighted by atomic mass is 127. The number of anilines is 2. The van der Waals surface area contributed by atoms with Gasteiger partial charge in [-0.3, -0.25) is 9.52 Å². The Bertz CT molecular complexity index is 1390. The Kier molecular flexibility index (Phi) is 7.10. The Morgan fingerprint density at radius 2 is 1.76 bits per heavy atom.